The topological polar surface area (TPSA) is 109 Å². The highest BCUT2D eigenvalue weighted by atomic mass is 32.1. The number of aliphatic hydroxyl groups is 4. The molecule has 0 unspecified atom stereocenters. The zero-order chi connectivity index (χ0) is 21.4. The summed E-state index contributed by atoms with van der Waals surface area (Å²) in [4.78, 5) is 1.17. The first-order chi connectivity index (χ1) is 14.5. The van der Waals surface area contributed by atoms with Gasteiger partial charge in [-0.2, -0.15) is 0 Å². The van der Waals surface area contributed by atoms with Crippen LogP contribution >= 0.6 is 22.7 Å². The molecular formula is C21H24O7S2. The van der Waals surface area contributed by atoms with Gasteiger partial charge in [-0.25, -0.2) is 0 Å². The molecule has 2 aromatic heterocycles. The number of rotatable bonds is 6. The van der Waals surface area contributed by atoms with Crippen LogP contribution in [0.15, 0.2) is 29.6 Å². The van der Waals surface area contributed by atoms with Crippen LogP contribution in [-0.2, 0) is 11.2 Å². The minimum atomic E-state index is -1.46. The van der Waals surface area contributed by atoms with E-state index < -0.39 is 37.1 Å². The Morgan fingerprint density at radius 3 is 2.40 bits per heavy atom. The molecule has 1 aliphatic rings. The van der Waals surface area contributed by atoms with Crippen LogP contribution in [0.1, 0.15) is 22.1 Å². The number of hydrogen-bond donors (Lipinski definition) is 4. The number of aliphatic hydroxyl groups excluding tert-OH is 4. The third-order valence-electron chi connectivity index (χ3n) is 5.39. The third kappa shape index (κ3) is 3.82. The molecule has 4 N–H and O–H groups in total. The van der Waals surface area contributed by atoms with Crippen molar-refractivity contribution in [3.05, 3.63) is 45.6 Å². The van der Waals surface area contributed by atoms with Crippen molar-refractivity contribution >= 4 is 32.1 Å². The SMILES string of the molecule is COc1cc(OC)c([C@@H]2O[C@H](CO)[C@@H](O)[C@H](O)[C@H]2O)cc1Cc1cc2sccc2s1. The van der Waals surface area contributed by atoms with Crippen molar-refractivity contribution in [2.24, 2.45) is 0 Å². The molecule has 0 bridgehead atoms. The van der Waals surface area contributed by atoms with Gasteiger partial charge in [-0.15, -0.1) is 22.7 Å². The summed E-state index contributed by atoms with van der Waals surface area (Å²) in [6.45, 7) is -0.487. The van der Waals surface area contributed by atoms with Crippen molar-refractivity contribution < 1.29 is 34.6 Å². The van der Waals surface area contributed by atoms with Gasteiger partial charge in [-0.05, 0) is 29.1 Å². The minimum Gasteiger partial charge on any atom is -0.496 e. The number of fused-ring (bicyclic) bond motifs is 1. The second-order valence-electron chi connectivity index (χ2n) is 7.19. The summed E-state index contributed by atoms with van der Waals surface area (Å²) in [6.07, 6.45) is -5.61. The number of ether oxygens (including phenoxy) is 3. The van der Waals surface area contributed by atoms with Crippen LogP contribution < -0.4 is 9.47 Å². The standard InChI is InChI=1S/C21H24O7S2/c1-26-13-8-14(27-2)12(21-20(25)19(24)18(23)15(9-22)28-21)6-10(13)5-11-7-17-16(30-11)3-4-29-17/h3-4,6-8,15,18-25H,5,9H2,1-2H3/t15-,18-,19+,20-,21+/m1/s1. The van der Waals surface area contributed by atoms with E-state index >= 15 is 0 Å². The minimum absolute atomic E-state index is 0.423. The summed E-state index contributed by atoms with van der Waals surface area (Å²) in [5.41, 5.74) is 1.39. The first-order valence-corrected chi connectivity index (χ1v) is 11.2. The largest absolute Gasteiger partial charge is 0.496 e. The van der Waals surface area contributed by atoms with E-state index in [1.807, 2.05) is 6.07 Å². The molecule has 0 radical (unpaired) electrons. The van der Waals surface area contributed by atoms with Crippen molar-refractivity contribution in [3.63, 3.8) is 0 Å². The molecule has 3 heterocycles. The highest BCUT2D eigenvalue weighted by molar-refractivity contribution is 7.26. The maximum absolute atomic E-state index is 10.6. The Kier molecular flexibility index (Phi) is 6.31. The second kappa shape index (κ2) is 8.80. The smallest absolute Gasteiger partial charge is 0.128 e. The fourth-order valence-corrected chi connectivity index (χ4v) is 5.96. The van der Waals surface area contributed by atoms with E-state index in [1.54, 1.807) is 35.8 Å². The molecule has 0 aliphatic carbocycles. The van der Waals surface area contributed by atoms with E-state index in [2.05, 4.69) is 17.5 Å². The van der Waals surface area contributed by atoms with E-state index in [0.29, 0.717) is 23.5 Å². The zero-order valence-corrected chi connectivity index (χ0v) is 18.2. The summed E-state index contributed by atoms with van der Waals surface area (Å²) < 4.78 is 19.3. The van der Waals surface area contributed by atoms with E-state index in [-0.39, 0.29) is 0 Å². The fourth-order valence-electron chi connectivity index (χ4n) is 3.80. The number of hydrogen-bond acceptors (Lipinski definition) is 9. The average Bonchev–Trinajstić information content (AvgIpc) is 3.34. The van der Waals surface area contributed by atoms with Gasteiger partial charge in [0.05, 0.1) is 20.8 Å². The Bertz CT molecular complexity index is 984. The van der Waals surface area contributed by atoms with Gasteiger partial charge < -0.3 is 34.6 Å². The summed E-state index contributed by atoms with van der Waals surface area (Å²) in [7, 11) is 3.08. The fraction of sp³-hybridized carbons (Fsp3) is 0.429. The molecule has 1 aliphatic heterocycles. The van der Waals surface area contributed by atoms with Gasteiger partial charge in [0.1, 0.15) is 42.0 Å². The molecule has 0 amide bonds. The number of benzene rings is 1. The molecule has 3 aromatic rings. The summed E-state index contributed by atoms with van der Waals surface area (Å²) in [5, 5.41) is 42.4. The van der Waals surface area contributed by atoms with Crippen LogP contribution in [0, 0.1) is 0 Å². The van der Waals surface area contributed by atoms with E-state index in [0.717, 1.165) is 5.56 Å². The van der Waals surface area contributed by atoms with Crippen molar-refractivity contribution in [2.75, 3.05) is 20.8 Å². The van der Waals surface area contributed by atoms with Gasteiger partial charge in [0.15, 0.2) is 0 Å². The molecule has 5 atom stereocenters. The van der Waals surface area contributed by atoms with E-state index in [9.17, 15) is 20.4 Å². The molecule has 30 heavy (non-hydrogen) atoms. The van der Waals surface area contributed by atoms with Gasteiger partial charge in [-0.3, -0.25) is 0 Å². The molecule has 0 saturated carbocycles. The Morgan fingerprint density at radius 2 is 1.73 bits per heavy atom. The highest BCUT2D eigenvalue weighted by Crippen LogP contribution is 2.41. The summed E-state index contributed by atoms with van der Waals surface area (Å²) >= 11 is 3.41. The molecule has 1 saturated heterocycles. The molecule has 7 nitrogen and oxygen atoms in total. The second-order valence-corrected chi connectivity index (χ2v) is 9.31. The predicted octanol–water partition coefficient (Wildman–Crippen LogP) is 2.09. The van der Waals surface area contributed by atoms with Gasteiger partial charge >= 0.3 is 0 Å². The van der Waals surface area contributed by atoms with Crippen LogP contribution in [0.2, 0.25) is 0 Å². The number of thiophene rings is 2. The zero-order valence-electron chi connectivity index (χ0n) is 16.5. The highest BCUT2D eigenvalue weighted by Gasteiger charge is 2.45. The maximum Gasteiger partial charge on any atom is 0.128 e. The lowest BCUT2D eigenvalue weighted by Crippen LogP contribution is -2.55. The predicted molar refractivity (Wildman–Crippen MR) is 115 cm³/mol. The lowest BCUT2D eigenvalue weighted by molar-refractivity contribution is -0.232. The normalized spacial score (nSPS) is 26.8. The Hall–Kier alpha value is -1.72. The lowest BCUT2D eigenvalue weighted by atomic mass is 9.89. The van der Waals surface area contributed by atoms with Crippen LogP contribution in [0.25, 0.3) is 9.40 Å². The Labute approximate surface area is 181 Å². The van der Waals surface area contributed by atoms with Crippen LogP contribution in [0.3, 0.4) is 0 Å². The Balaban J connectivity index is 1.73. The molecule has 1 aromatic carbocycles. The van der Waals surface area contributed by atoms with E-state index in [4.69, 9.17) is 14.2 Å². The molecule has 162 valence electrons. The van der Waals surface area contributed by atoms with Crippen molar-refractivity contribution in [1.82, 2.24) is 0 Å². The number of methoxy groups -OCH3 is 2. The first-order valence-electron chi connectivity index (χ1n) is 9.48. The van der Waals surface area contributed by atoms with Crippen molar-refractivity contribution in [2.45, 2.75) is 36.9 Å². The Morgan fingerprint density at radius 1 is 0.967 bits per heavy atom. The van der Waals surface area contributed by atoms with Gasteiger partial charge in [0.25, 0.3) is 0 Å². The molecule has 1 fully saturated rings. The molecule has 4 rings (SSSR count). The van der Waals surface area contributed by atoms with Crippen molar-refractivity contribution in [1.29, 1.82) is 0 Å². The summed E-state index contributed by atoms with van der Waals surface area (Å²) in [6, 6.07) is 7.81. The lowest BCUT2D eigenvalue weighted by Gasteiger charge is -2.40. The van der Waals surface area contributed by atoms with Gasteiger partial charge in [0.2, 0.25) is 0 Å². The van der Waals surface area contributed by atoms with Crippen LogP contribution in [-0.4, -0.2) is 65.7 Å². The van der Waals surface area contributed by atoms with Crippen molar-refractivity contribution in [3.8, 4) is 11.5 Å². The van der Waals surface area contributed by atoms with Gasteiger partial charge in [0, 0.05) is 32.3 Å². The van der Waals surface area contributed by atoms with E-state index in [1.165, 1.54) is 21.4 Å². The monoisotopic (exact) mass is 452 g/mol. The van der Waals surface area contributed by atoms with Gasteiger partial charge in [-0.1, -0.05) is 0 Å². The molecule has 0 spiro atoms. The quantitative estimate of drug-likeness (QED) is 0.453. The molecular weight excluding hydrogens is 428 g/mol. The summed E-state index contributed by atoms with van der Waals surface area (Å²) in [5.74, 6) is 1.06. The maximum atomic E-state index is 10.6. The van der Waals surface area contributed by atoms with Crippen LogP contribution in [0.4, 0.5) is 0 Å². The third-order valence-corrected chi connectivity index (χ3v) is 7.48. The average molecular weight is 453 g/mol. The first kappa shape index (κ1) is 21.5. The molecule has 9 heteroatoms. The van der Waals surface area contributed by atoms with Crippen LogP contribution in [0.5, 0.6) is 11.5 Å².